The molecule has 3 nitrogen and oxygen atoms in total. The molecular formula is C13H16ClF3N2O. The lowest BCUT2D eigenvalue weighted by atomic mass is 10.1. The molecule has 20 heavy (non-hydrogen) atoms. The molecule has 0 radical (unpaired) electrons. The fourth-order valence-corrected chi connectivity index (χ4v) is 1.90. The molecule has 0 fully saturated rings. The molecule has 7 heteroatoms. The summed E-state index contributed by atoms with van der Waals surface area (Å²) in [5.74, 6) is -0.510. The highest BCUT2D eigenvalue weighted by molar-refractivity contribution is 6.34. The van der Waals surface area contributed by atoms with Crippen LogP contribution in [0.1, 0.15) is 31.7 Å². The molecule has 0 heterocycles. The Labute approximate surface area is 120 Å². The van der Waals surface area contributed by atoms with E-state index in [2.05, 4.69) is 5.32 Å². The van der Waals surface area contributed by atoms with Crippen molar-refractivity contribution in [2.24, 2.45) is 5.73 Å². The Hall–Kier alpha value is -1.27. The smallest absolute Gasteiger partial charge is 0.328 e. The van der Waals surface area contributed by atoms with E-state index in [9.17, 15) is 18.0 Å². The van der Waals surface area contributed by atoms with Gasteiger partial charge in [-0.2, -0.15) is 13.2 Å². The summed E-state index contributed by atoms with van der Waals surface area (Å²) in [6, 6.07) is 3.32. The third-order valence-electron chi connectivity index (χ3n) is 2.65. The summed E-state index contributed by atoms with van der Waals surface area (Å²) in [5, 5.41) is 2.09. The number of nitrogens with two attached hydrogens (primary N) is 1. The fourth-order valence-electron chi connectivity index (χ4n) is 1.67. The topological polar surface area (TPSA) is 55.1 Å². The lowest BCUT2D eigenvalue weighted by molar-refractivity contribution is -0.137. The molecule has 0 aromatic heterocycles. The Morgan fingerprint density at radius 3 is 2.65 bits per heavy atom. The van der Waals surface area contributed by atoms with Crippen molar-refractivity contribution in [2.75, 3.05) is 5.32 Å². The fraction of sp³-hybridized carbons (Fsp3) is 0.462. The summed E-state index contributed by atoms with van der Waals surface area (Å²) in [6.07, 6.45) is -3.33. The highest BCUT2D eigenvalue weighted by Crippen LogP contribution is 2.38. The molecule has 0 saturated heterocycles. The lowest BCUT2D eigenvalue weighted by Crippen LogP contribution is -2.18. The zero-order valence-corrected chi connectivity index (χ0v) is 11.7. The third-order valence-corrected chi connectivity index (χ3v) is 2.96. The van der Waals surface area contributed by atoms with Gasteiger partial charge in [0, 0.05) is 12.5 Å². The van der Waals surface area contributed by atoms with Gasteiger partial charge in [0.05, 0.1) is 16.3 Å². The second-order valence-corrected chi connectivity index (χ2v) is 4.99. The lowest BCUT2D eigenvalue weighted by Gasteiger charge is -2.15. The highest BCUT2D eigenvalue weighted by Gasteiger charge is 2.34. The third kappa shape index (κ3) is 5.02. The number of nitrogens with one attached hydrogen (secondary N) is 1. The summed E-state index contributed by atoms with van der Waals surface area (Å²) >= 11 is 5.73. The van der Waals surface area contributed by atoms with Crippen LogP contribution in [-0.2, 0) is 11.0 Å². The van der Waals surface area contributed by atoms with E-state index in [1.54, 1.807) is 6.92 Å². The first-order valence-corrected chi connectivity index (χ1v) is 6.50. The van der Waals surface area contributed by atoms with Gasteiger partial charge < -0.3 is 11.1 Å². The maximum Gasteiger partial charge on any atom is 0.418 e. The number of alkyl halides is 3. The van der Waals surface area contributed by atoms with Crippen molar-refractivity contribution < 1.29 is 18.0 Å². The van der Waals surface area contributed by atoms with Crippen LogP contribution in [-0.4, -0.2) is 11.9 Å². The van der Waals surface area contributed by atoms with Crippen molar-refractivity contribution in [3.63, 3.8) is 0 Å². The second-order valence-electron chi connectivity index (χ2n) is 4.58. The van der Waals surface area contributed by atoms with E-state index in [0.29, 0.717) is 12.8 Å². The van der Waals surface area contributed by atoms with Crippen molar-refractivity contribution in [3.05, 3.63) is 28.8 Å². The number of carbonyl (C=O) groups excluding carboxylic acids is 1. The highest BCUT2D eigenvalue weighted by atomic mass is 35.5. The Bertz CT molecular complexity index is 475. The van der Waals surface area contributed by atoms with E-state index in [0.717, 1.165) is 6.07 Å². The SMILES string of the molecule is CC(N)CCCC(=O)Nc1c(Cl)cccc1C(F)(F)F. The average Bonchev–Trinajstić information content (AvgIpc) is 2.29. The predicted octanol–water partition coefficient (Wildman–Crippen LogP) is 3.81. The molecule has 1 unspecified atom stereocenters. The summed E-state index contributed by atoms with van der Waals surface area (Å²) in [4.78, 5) is 11.6. The molecule has 1 rings (SSSR count). The number of para-hydroxylation sites is 1. The van der Waals surface area contributed by atoms with Crippen LogP contribution in [0.15, 0.2) is 18.2 Å². The summed E-state index contributed by atoms with van der Waals surface area (Å²) in [6.45, 7) is 1.80. The first-order valence-electron chi connectivity index (χ1n) is 6.13. The van der Waals surface area contributed by atoms with Gasteiger partial charge in [-0.3, -0.25) is 4.79 Å². The van der Waals surface area contributed by atoms with Gasteiger partial charge in [0.2, 0.25) is 5.91 Å². The molecule has 0 aliphatic carbocycles. The van der Waals surface area contributed by atoms with E-state index >= 15 is 0 Å². The first kappa shape index (κ1) is 16.8. The van der Waals surface area contributed by atoms with Crippen LogP contribution < -0.4 is 11.1 Å². The van der Waals surface area contributed by atoms with Crippen LogP contribution in [0.25, 0.3) is 0 Å². The van der Waals surface area contributed by atoms with Gasteiger partial charge in [-0.15, -0.1) is 0 Å². The Kier molecular flexibility index (Phi) is 5.83. The maximum absolute atomic E-state index is 12.8. The van der Waals surface area contributed by atoms with Crippen molar-refractivity contribution >= 4 is 23.2 Å². The Morgan fingerprint density at radius 1 is 1.45 bits per heavy atom. The van der Waals surface area contributed by atoms with Crippen LogP contribution in [0.2, 0.25) is 5.02 Å². The van der Waals surface area contributed by atoms with Gasteiger partial charge in [0.15, 0.2) is 0 Å². The quantitative estimate of drug-likeness (QED) is 0.869. The van der Waals surface area contributed by atoms with Gasteiger partial charge in [-0.25, -0.2) is 0 Å². The van der Waals surface area contributed by atoms with Gasteiger partial charge in [-0.05, 0) is 31.9 Å². The molecule has 112 valence electrons. The Morgan fingerprint density at radius 2 is 2.10 bits per heavy atom. The number of amides is 1. The van der Waals surface area contributed by atoms with Gasteiger partial charge in [0.25, 0.3) is 0 Å². The van der Waals surface area contributed by atoms with Crippen LogP contribution in [0, 0.1) is 0 Å². The molecule has 1 aromatic carbocycles. The number of anilines is 1. The van der Waals surface area contributed by atoms with Gasteiger partial charge >= 0.3 is 6.18 Å². The van der Waals surface area contributed by atoms with Crippen LogP contribution in [0.5, 0.6) is 0 Å². The van der Waals surface area contributed by atoms with Gasteiger partial charge in [0.1, 0.15) is 0 Å². The zero-order valence-electron chi connectivity index (χ0n) is 10.9. The van der Waals surface area contributed by atoms with Crippen molar-refractivity contribution in [2.45, 2.75) is 38.4 Å². The summed E-state index contributed by atoms with van der Waals surface area (Å²) in [5.41, 5.74) is 4.19. The monoisotopic (exact) mass is 308 g/mol. The van der Waals surface area contributed by atoms with E-state index in [1.165, 1.54) is 12.1 Å². The van der Waals surface area contributed by atoms with Gasteiger partial charge in [-0.1, -0.05) is 17.7 Å². The molecule has 0 aliphatic rings. The van der Waals surface area contributed by atoms with E-state index < -0.39 is 23.3 Å². The average molecular weight is 309 g/mol. The van der Waals surface area contributed by atoms with Crippen LogP contribution in [0.3, 0.4) is 0 Å². The summed E-state index contributed by atoms with van der Waals surface area (Å²) in [7, 11) is 0. The number of benzene rings is 1. The minimum absolute atomic E-state index is 0.0474. The van der Waals surface area contributed by atoms with E-state index in [4.69, 9.17) is 17.3 Å². The van der Waals surface area contributed by atoms with Crippen LogP contribution in [0.4, 0.5) is 18.9 Å². The molecule has 3 N–H and O–H groups in total. The molecular weight excluding hydrogens is 293 g/mol. The van der Waals surface area contributed by atoms with Crippen molar-refractivity contribution in [3.8, 4) is 0 Å². The standard InChI is InChI=1S/C13H16ClF3N2O/c1-8(18)4-2-7-11(20)19-12-9(13(15,16)17)5-3-6-10(12)14/h3,5-6,8H,2,4,7,18H2,1H3,(H,19,20). The number of rotatable bonds is 5. The normalized spacial score (nSPS) is 13.1. The van der Waals surface area contributed by atoms with Crippen molar-refractivity contribution in [1.82, 2.24) is 0 Å². The number of hydrogen-bond acceptors (Lipinski definition) is 2. The van der Waals surface area contributed by atoms with Crippen molar-refractivity contribution in [1.29, 1.82) is 0 Å². The largest absolute Gasteiger partial charge is 0.418 e. The van der Waals surface area contributed by atoms with E-state index in [1.807, 2.05) is 0 Å². The Balaban J connectivity index is 2.79. The molecule has 0 bridgehead atoms. The first-order chi connectivity index (χ1) is 9.21. The number of halogens is 4. The number of carbonyl (C=O) groups is 1. The molecule has 0 aliphatic heterocycles. The maximum atomic E-state index is 12.8. The predicted molar refractivity (Wildman–Crippen MR) is 72.6 cm³/mol. The van der Waals surface area contributed by atoms with Crippen LogP contribution >= 0.6 is 11.6 Å². The second kappa shape index (κ2) is 6.95. The minimum atomic E-state index is -4.57. The minimum Gasteiger partial charge on any atom is -0.328 e. The molecule has 1 amide bonds. The molecule has 0 spiro atoms. The van der Waals surface area contributed by atoms with E-state index in [-0.39, 0.29) is 17.5 Å². The zero-order chi connectivity index (χ0) is 15.3. The molecule has 0 saturated carbocycles. The number of hydrogen-bond donors (Lipinski definition) is 2. The summed E-state index contributed by atoms with van der Waals surface area (Å²) < 4.78 is 38.4. The molecule has 1 atom stereocenters. The molecule has 1 aromatic rings.